The van der Waals surface area contributed by atoms with Crippen LogP contribution in [0, 0.1) is 0 Å². The number of nitrogens with zero attached hydrogens (tertiary/aromatic N) is 3. The van der Waals surface area contributed by atoms with Gasteiger partial charge in [-0.25, -0.2) is 10.8 Å². The van der Waals surface area contributed by atoms with Gasteiger partial charge in [0.1, 0.15) is 0 Å². The van der Waals surface area contributed by atoms with Crippen LogP contribution in [-0.4, -0.2) is 41.7 Å². The average molecular weight is 298 g/mol. The van der Waals surface area contributed by atoms with Crippen molar-refractivity contribution < 1.29 is 13.2 Å². The van der Waals surface area contributed by atoms with Crippen molar-refractivity contribution in [2.45, 2.75) is 0 Å². The Bertz CT molecular complexity index is 780. The van der Waals surface area contributed by atoms with Crippen molar-refractivity contribution in [3.05, 3.63) is 23.8 Å². The molecule has 1 heterocycles. The Balaban J connectivity index is 2.78. The van der Waals surface area contributed by atoms with E-state index in [2.05, 4.69) is 4.98 Å². The van der Waals surface area contributed by atoms with Crippen molar-refractivity contribution in [3.63, 3.8) is 0 Å². The van der Waals surface area contributed by atoms with Crippen molar-refractivity contribution in [1.29, 1.82) is 0 Å². The van der Waals surface area contributed by atoms with E-state index in [9.17, 15) is 13.2 Å². The van der Waals surface area contributed by atoms with Crippen LogP contribution in [0.1, 0.15) is 10.4 Å². The Labute approximate surface area is 115 Å². The number of imidazole rings is 1. The van der Waals surface area contributed by atoms with Crippen LogP contribution in [0.25, 0.3) is 11.0 Å². The van der Waals surface area contributed by atoms with Gasteiger partial charge in [0.25, 0.3) is 5.91 Å². The highest BCUT2D eigenvalue weighted by atomic mass is 32.2. The summed E-state index contributed by atoms with van der Waals surface area (Å²) in [5, 5.41) is 0. The number of nitrogens with two attached hydrogens (primary N) is 2. The molecule has 1 aromatic heterocycles. The fraction of sp³-hybridized carbons (Fsp3) is 0.200. The van der Waals surface area contributed by atoms with Gasteiger partial charge in [-0.05, 0) is 18.2 Å². The summed E-state index contributed by atoms with van der Waals surface area (Å²) in [4.78, 5) is 15.5. The van der Waals surface area contributed by atoms with Gasteiger partial charge in [0.05, 0.1) is 11.0 Å². The van der Waals surface area contributed by atoms with E-state index in [1.165, 1.54) is 32.3 Å². The van der Waals surface area contributed by atoms with Crippen LogP contribution in [0.2, 0.25) is 0 Å². The van der Waals surface area contributed by atoms with Gasteiger partial charge in [-0.15, -0.1) is 0 Å². The molecule has 0 saturated carbocycles. The second kappa shape index (κ2) is 4.74. The molecule has 2 aromatic rings. The van der Waals surface area contributed by atoms with Crippen LogP contribution in [0.4, 0.5) is 5.95 Å². The molecule has 0 aliphatic rings. The first-order valence-corrected chi connectivity index (χ1v) is 6.90. The number of fused-ring (bicyclic) bond motifs is 1. The van der Waals surface area contributed by atoms with Crippen LogP contribution < -0.4 is 17.0 Å². The summed E-state index contributed by atoms with van der Waals surface area (Å²) in [7, 11) is -1.10. The minimum Gasteiger partial charge on any atom is -0.368 e. The number of benzene rings is 1. The molecule has 0 aliphatic carbocycles. The zero-order chi connectivity index (χ0) is 15.1. The summed E-state index contributed by atoms with van der Waals surface area (Å²) < 4.78 is 26.3. The van der Waals surface area contributed by atoms with E-state index in [-0.39, 0.29) is 17.0 Å². The second-order valence-electron chi connectivity index (χ2n) is 4.20. The molecule has 0 unspecified atom stereocenters. The fourth-order valence-corrected chi connectivity index (χ4v) is 2.70. The lowest BCUT2D eigenvalue weighted by Gasteiger charge is -2.13. The maximum Gasteiger partial charge on any atom is 0.310 e. The molecule has 1 aromatic carbocycles. The van der Waals surface area contributed by atoms with Crippen LogP contribution in [0.3, 0.4) is 0 Å². The second-order valence-corrected chi connectivity index (χ2v) is 6.19. The van der Waals surface area contributed by atoms with Crippen molar-refractivity contribution in [2.24, 2.45) is 5.84 Å². The van der Waals surface area contributed by atoms with Gasteiger partial charge in [0, 0.05) is 19.7 Å². The lowest BCUT2D eigenvalue weighted by molar-refractivity contribution is 0.0953. The first kappa shape index (κ1) is 14.2. The molecule has 0 fully saturated rings. The molecule has 9 nitrogen and oxygen atoms in total. The third kappa shape index (κ3) is 2.09. The Morgan fingerprint density at radius 2 is 2.05 bits per heavy atom. The molecule has 0 spiro atoms. The molecular weight excluding hydrogens is 284 g/mol. The third-order valence-corrected chi connectivity index (χ3v) is 4.49. The van der Waals surface area contributed by atoms with E-state index >= 15 is 0 Å². The van der Waals surface area contributed by atoms with Gasteiger partial charge in [0.2, 0.25) is 5.95 Å². The number of anilines is 1. The molecule has 1 amide bonds. The maximum atomic E-state index is 12.2. The quantitative estimate of drug-likeness (QED) is 0.373. The summed E-state index contributed by atoms with van der Waals surface area (Å²) >= 11 is 0. The zero-order valence-electron chi connectivity index (χ0n) is 10.9. The number of rotatable bonds is 3. The van der Waals surface area contributed by atoms with Gasteiger partial charge in [-0.3, -0.25) is 10.2 Å². The maximum absolute atomic E-state index is 12.2. The van der Waals surface area contributed by atoms with E-state index in [1.54, 1.807) is 0 Å². The van der Waals surface area contributed by atoms with E-state index in [0.29, 0.717) is 5.52 Å². The molecule has 0 bridgehead atoms. The average Bonchev–Trinajstić information content (AvgIpc) is 2.72. The first-order valence-electron chi connectivity index (χ1n) is 5.51. The highest BCUT2D eigenvalue weighted by molar-refractivity contribution is 7.87. The van der Waals surface area contributed by atoms with Gasteiger partial charge in [-0.1, -0.05) is 0 Å². The molecule has 10 heteroatoms. The standard InChI is InChI=1S/C10H14N6O3S/c1-15(2)20(18,19)16-8-5-6(9(17)14-12)3-4-7(8)13-10(16)11/h3-5H,12H2,1-2H3,(H2,11,13)(H,14,17). The van der Waals surface area contributed by atoms with Gasteiger partial charge in [-0.2, -0.15) is 16.7 Å². The molecule has 20 heavy (non-hydrogen) atoms. The lowest BCUT2D eigenvalue weighted by atomic mass is 10.2. The Morgan fingerprint density at radius 3 is 2.60 bits per heavy atom. The van der Waals surface area contributed by atoms with Crippen molar-refractivity contribution >= 4 is 33.1 Å². The van der Waals surface area contributed by atoms with Crippen LogP contribution >= 0.6 is 0 Å². The molecule has 2 rings (SSSR count). The zero-order valence-corrected chi connectivity index (χ0v) is 11.7. The van der Waals surface area contributed by atoms with E-state index in [1.807, 2.05) is 5.43 Å². The number of hydrogen-bond acceptors (Lipinski definition) is 6. The monoisotopic (exact) mass is 298 g/mol. The number of nitrogen functional groups attached to an aromatic ring is 2. The predicted molar refractivity (Wildman–Crippen MR) is 73.8 cm³/mol. The molecule has 5 N–H and O–H groups in total. The highest BCUT2D eigenvalue weighted by Gasteiger charge is 2.23. The molecular formula is C10H14N6O3S. The van der Waals surface area contributed by atoms with Gasteiger partial charge >= 0.3 is 10.2 Å². The predicted octanol–water partition coefficient (Wildman–Crippen LogP) is -1.12. The van der Waals surface area contributed by atoms with Crippen LogP contribution in [0.15, 0.2) is 18.2 Å². The number of nitrogens with one attached hydrogen (secondary N) is 1. The van der Waals surface area contributed by atoms with Gasteiger partial charge < -0.3 is 5.73 Å². The Kier molecular flexibility index (Phi) is 3.38. The number of hydrazine groups is 1. The lowest BCUT2D eigenvalue weighted by Crippen LogP contribution is -2.30. The van der Waals surface area contributed by atoms with Crippen molar-refractivity contribution in [3.8, 4) is 0 Å². The summed E-state index contributed by atoms with van der Waals surface area (Å²) in [5.74, 6) is 4.33. The van der Waals surface area contributed by atoms with Crippen molar-refractivity contribution in [2.75, 3.05) is 19.8 Å². The molecule has 0 radical (unpaired) electrons. The van der Waals surface area contributed by atoms with Crippen LogP contribution in [-0.2, 0) is 10.2 Å². The van der Waals surface area contributed by atoms with E-state index in [0.717, 1.165) is 8.28 Å². The number of carbonyl (C=O) groups is 1. The third-order valence-electron chi connectivity index (χ3n) is 2.72. The highest BCUT2D eigenvalue weighted by Crippen LogP contribution is 2.22. The fourth-order valence-electron chi connectivity index (χ4n) is 1.70. The molecule has 0 aliphatic heterocycles. The summed E-state index contributed by atoms with van der Waals surface area (Å²) in [6, 6.07) is 4.34. The molecule has 0 atom stereocenters. The smallest absolute Gasteiger partial charge is 0.310 e. The minimum atomic E-state index is -3.84. The van der Waals surface area contributed by atoms with Crippen molar-refractivity contribution in [1.82, 2.24) is 18.7 Å². The van der Waals surface area contributed by atoms with E-state index in [4.69, 9.17) is 11.6 Å². The SMILES string of the molecule is CN(C)S(=O)(=O)n1c(N)nc2ccc(C(=O)NN)cc21. The largest absolute Gasteiger partial charge is 0.368 e. The number of carbonyl (C=O) groups excluding carboxylic acids is 1. The topological polar surface area (TPSA) is 136 Å². The van der Waals surface area contributed by atoms with E-state index < -0.39 is 16.1 Å². The number of hydrogen-bond donors (Lipinski definition) is 3. The normalized spacial score (nSPS) is 12.0. The summed E-state index contributed by atoms with van der Waals surface area (Å²) in [5.41, 5.74) is 8.40. The summed E-state index contributed by atoms with van der Waals surface area (Å²) in [6.07, 6.45) is 0. The Hall–Kier alpha value is -2.17. The number of aromatic nitrogens is 2. The first-order chi connectivity index (χ1) is 9.28. The van der Waals surface area contributed by atoms with Crippen LogP contribution in [0.5, 0.6) is 0 Å². The minimum absolute atomic E-state index is 0.181. The molecule has 0 saturated heterocycles. The Morgan fingerprint density at radius 1 is 1.40 bits per heavy atom. The van der Waals surface area contributed by atoms with Gasteiger partial charge in [0.15, 0.2) is 0 Å². The summed E-state index contributed by atoms with van der Waals surface area (Å²) in [6.45, 7) is 0. The number of amides is 1. The molecule has 108 valence electrons.